The monoisotopic (exact) mass is 353 g/mol. The Balaban J connectivity index is 2.20. The summed E-state index contributed by atoms with van der Waals surface area (Å²) in [5.41, 5.74) is -0.0361. The summed E-state index contributed by atoms with van der Waals surface area (Å²) in [4.78, 5) is 22.3. The lowest BCUT2D eigenvalue weighted by Gasteiger charge is -2.06. The number of nitro benzene ring substituents is 1. The minimum Gasteiger partial charge on any atom is -0.502 e. The first-order valence-corrected chi connectivity index (χ1v) is 7.58. The molecule has 0 saturated carbocycles. The molecule has 132 valence electrons. The highest BCUT2D eigenvalue weighted by Gasteiger charge is 2.15. The average Bonchev–Trinajstić information content (AvgIpc) is 2.62. The van der Waals surface area contributed by atoms with E-state index in [2.05, 4.69) is 5.32 Å². The number of ether oxygens (including phenoxy) is 1. The highest BCUT2D eigenvalue weighted by molar-refractivity contribution is 6.09. The van der Waals surface area contributed by atoms with Crippen molar-refractivity contribution in [1.29, 1.82) is 5.26 Å². The van der Waals surface area contributed by atoms with Crippen LogP contribution in [0.5, 0.6) is 11.5 Å². The quantitative estimate of drug-likeness (QED) is 0.355. The van der Waals surface area contributed by atoms with Crippen LogP contribution in [0.2, 0.25) is 0 Å². The summed E-state index contributed by atoms with van der Waals surface area (Å²) in [6.07, 6.45) is 1.20. The van der Waals surface area contributed by atoms with Crippen LogP contribution in [0.15, 0.2) is 48.0 Å². The fourth-order valence-electron chi connectivity index (χ4n) is 2.09. The summed E-state index contributed by atoms with van der Waals surface area (Å²) in [7, 11) is 0. The molecule has 0 atom stereocenters. The second-order valence-corrected chi connectivity index (χ2v) is 5.09. The normalized spacial score (nSPS) is 10.7. The minimum atomic E-state index is -0.751. The Morgan fingerprint density at radius 2 is 2.04 bits per heavy atom. The van der Waals surface area contributed by atoms with Gasteiger partial charge in [-0.25, -0.2) is 0 Å². The molecule has 2 rings (SSSR count). The Morgan fingerprint density at radius 3 is 2.62 bits per heavy atom. The van der Waals surface area contributed by atoms with E-state index in [9.17, 15) is 25.3 Å². The Hall–Kier alpha value is -3.86. The smallest absolute Gasteiger partial charge is 0.311 e. The molecule has 2 aromatic carbocycles. The molecule has 0 aliphatic heterocycles. The van der Waals surface area contributed by atoms with Gasteiger partial charge < -0.3 is 15.2 Å². The summed E-state index contributed by atoms with van der Waals surface area (Å²) in [6, 6.07) is 11.9. The number of nitro groups is 1. The van der Waals surface area contributed by atoms with E-state index < -0.39 is 22.3 Å². The molecule has 0 aliphatic rings. The second-order valence-electron chi connectivity index (χ2n) is 5.09. The van der Waals surface area contributed by atoms with Crippen LogP contribution in [-0.2, 0) is 4.79 Å². The minimum absolute atomic E-state index is 0.237. The average molecular weight is 353 g/mol. The molecule has 2 aromatic rings. The number of nitriles is 1. The van der Waals surface area contributed by atoms with Crippen LogP contribution in [0.4, 0.5) is 11.4 Å². The Kier molecular flexibility index (Phi) is 5.90. The van der Waals surface area contributed by atoms with Gasteiger partial charge in [0.15, 0.2) is 5.75 Å². The van der Waals surface area contributed by atoms with Crippen molar-refractivity contribution in [2.24, 2.45) is 0 Å². The maximum absolute atomic E-state index is 12.2. The predicted molar refractivity (Wildman–Crippen MR) is 94.6 cm³/mol. The molecule has 26 heavy (non-hydrogen) atoms. The van der Waals surface area contributed by atoms with Gasteiger partial charge in [0.1, 0.15) is 17.4 Å². The van der Waals surface area contributed by atoms with Crippen LogP contribution in [0.25, 0.3) is 6.08 Å². The van der Waals surface area contributed by atoms with Crippen LogP contribution in [0.3, 0.4) is 0 Å². The highest BCUT2D eigenvalue weighted by Crippen LogP contribution is 2.27. The Labute approximate surface area is 149 Å². The first-order valence-electron chi connectivity index (χ1n) is 7.58. The lowest BCUT2D eigenvalue weighted by atomic mass is 10.1. The maximum Gasteiger partial charge on any atom is 0.311 e. The molecule has 0 saturated heterocycles. The van der Waals surface area contributed by atoms with Crippen LogP contribution in [0, 0.1) is 21.4 Å². The topological polar surface area (TPSA) is 125 Å². The van der Waals surface area contributed by atoms with Crippen LogP contribution < -0.4 is 10.1 Å². The lowest BCUT2D eigenvalue weighted by molar-refractivity contribution is -0.385. The number of rotatable bonds is 6. The molecule has 0 spiro atoms. The zero-order valence-electron chi connectivity index (χ0n) is 13.8. The third-order valence-corrected chi connectivity index (χ3v) is 3.30. The third-order valence-electron chi connectivity index (χ3n) is 3.30. The number of phenolic OH excluding ortho intramolecular Hbond substituents is 1. The standard InChI is InChI=1S/C18H15N3O5/c1-2-26-15-6-4-14(5-7-15)20-18(23)13(11-19)9-12-3-8-17(22)16(10-12)21(24)25/h3-10,22H,2H2,1H3,(H,20,23)/b13-9+. The van der Waals surface area contributed by atoms with Crippen LogP contribution >= 0.6 is 0 Å². The van der Waals surface area contributed by atoms with E-state index in [0.717, 1.165) is 12.1 Å². The van der Waals surface area contributed by atoms with E-state index in [1.165, 1.54) is 12.1 Å². The second kappa shape index (κ2) is 8.30. The first-order chi connectivity index (χ1) is 12.4. The van der Waals surface area contributed by atoms with Gasteiger partial charge in [-0.2, -0.15) is 5.26 Å². The lowest BCUT2D eigenvalue weighted by Crippen LogP contribution is -2.13. The van der Waals surface area contributed by atoms with E-state index in [1.807, 2.05) is 6.92 Å². The molecule has 0 fully saturated rings. The van der Waals surface area contributed by atoms with E-state index in [1.54, 1.807) is 30.3 Å². The summed E-state index contributed by atoms with van der Waals surface area (Å²) < 4.78 is 5.30. The molecule has 0 unspecified atom stereocenters. The van der Waals surface area contributed by atoms with Crippen LogP contribution in [-0.4, -0.2) is 22.5 Å². The number of hydrogen-bond acceptors (Lipinski definition) is 6. The fraction of sp³-hybridized carbons (Fsp3) is 0.111. The van der Waals surface area contributed by atoms with Crippen molar-refractivity contribution in [3.05, 3.63) is 63.7 Å². The number of carbonyl (C=O) groups excluding carboxylic acids is 1. The van der Waals surface area contributed by atoms with E-state index in [4.69, 9.17) is 4.74 Å². The maximum atomic E-state index is 12.2. The van der Waals surface area contributed by atoms with Crippen molar-refractivity contribution in [3.63, 3.8) is 0 Å². The summed E-state index contributed by atoms with van der Waals surface area (Å²) in [5.74, 6) is -0.505. The van der Waals surface area contributed by atoms with Crippen molar-refractivity contribution in [3.8, 4) is 17.6 Å². The summed E-state index contributed by atoms with van der Waals surface area (Å²) in [5, 5.41) is 32.1. The number of nitrogens with zero attached hydrogens (tertiary/aromatic N) is 2. The van der Waals surface area contributed by atoms with Crippen molar-refractivity contribution in [1.82, 2.24) is 0 Å². The van der Waals surface area contributed by atoms with Crippen molar-refractivity contribution in [2.75, 3.05) is 11.9 Å². The fourth-order valence-corrected chi connectivity index (χ4v) is 2.09. The number of carbonyl (C=O) groups is 1. The van der Waals surface area contributed by atoms with Gasteiger partial charge in [-0.05, 0) is 48.9 Å². The zero-order chi connectivity index (χ0) is 19.1. The van der Waals surface area contributed by atoms with Gasteiger partial charge in [0.25, 0.3) is 5.91 Å². The van der Waals surface area contributed by atoms with Gasteiger partial charge in [-0.15, -0.1) is 0 Å². The van der Waals surface area contributed by atoms with E-state index in [0.29, 0.717) is 18.0 Å². The third kappa shape index (κ3) is 4.58. The predicted octanol–water partition coefficient (Wildman–Crippen LogP) is 3.24. The SMILES string of the molecule is CCOc1ccc(NC(=O)/C(C#N)=C/c2ccc(O)c([N+](=O)[O-])c2)cc1. The molecule has 0 heterocycles. The number of phenols is 1. The summed E-state index contributed by atoms with van der Waals surface area (Å²) in [6.45, 7) is 2.37. The van der Waals surface area contributed by atoms with E-state index in [-0.39, 0.29) is 11.1 Å². The molecular formula is C18H15N3O5. The number of amides is 1. The van der Waals surface area contributed by atoms with Gasteiger partial charge in [0.05, 0.1) is 11.5 Å². The van der Waals surface area contributed by atoms with Gasteiger partial charge >= 0.3 is 5.69 Å². The molecule has 2 N–H and O–H groups in total. The molecule has 1 amide bonds. The number of aromatic hydroxyl groups is 1. The van der Waals surface area contributed by atoms with Gasteiger partial charge in [0.2, 0.25) is 0 Å². The number of hydrogen-bond donors (Lipinski definition) is 2. The molecule has 0 aliphatic carbocycles. The van der Waals surface area contributed by atoms with Crippen LogP contribution in [0.1, 0.15) is 12.5 Å². The summed E-state index contributed by atoms with van der Waals surface area (Å²) >= 11 is 0. The molecule has 0 aromatic heterocycles. The van der Waals surface area contributed by atoms with Crippen molar-refractivity contribution < 1.29 is 19.6 Å². The number of nitrogens with one attached hydrogen (secondary N) is 1. The molecule has 0 radical (unpaired) electrons. The zero-order valence-corrected chi connectivity index (χ0v) is 13.8. The number of benzene rings is 2. The van der Waals surface area contributed by atoms with Gasteiger partial charge in [-0.3, -0.25) is 14.9 Å². The van der Waals surface area contributed by atoms with Crippen molar-refractivity contribution in [2.45, 2.75) is 6.92 Å². The van der Waals surface area contributed by atoms with Gasteiger partial charge in [-0.1, -0.05) is 6.07 Å². The molecule has 8 nitrogen and oxygen atoms in total. The Morgan fingerprint density at radius 1 is 1.35 bits per heavy atom. The van der Waals surface area contributed by atoms with E-state index >= 15 is 0 Å². The molecular weight excluding hydrogens is 338 g/mol. The van der Waals surface area contributed by atoms with Gasteiger partial charge in [0, 0.05) is 11.8 Å². The molecule has 8 heteroatoms. The van der Waals surface area contributed by atoms with Crippen molar-refractivity contribution >= 4 is 23.4 Å². The molecule has 0 bridgehead atoms. The largest absolute Gasteiger partial charge is 0.502 e. The number of anilines is 1. The Bertz CT molecular complexity index is 898. The highest BCUT2D eigenvalue weighted by atomic mass is 16.6. The first kappa shape index (κ1) is 18.5.